The van der Waals surface area contributed by atoms with Gasteiger partial charge in [-0.1, -0.05) is 6.08 Å². The van der Waals surface area contributed by atoms with Crippen LogP contribution in [0.2, 0.25) is 0 Å². The maximum Gasteiger partial charge on any atom is 0.110 e. The summed E-state index contributed by atoms with van der Waals surface area (Å²) >= 11 is 0. The van der Waals surface area contributed by atoms with Crippen molar-refractivity contribution >= 4 is 0 Å². The molecule has 0 amide bonds. The smallest absolute Gasteiger partial charge is 0.110 e. The van der Waals surface area contributed by atoms with E-state index in [0.29, 0.717) is 12.6 Å². The first-order valence-corrected chi connectivity index (χ1v) is 5.65. The molecule has 2 nitrogen and oxygen atoms in total. The minimum absolute atomic E-state index is 0.0515. The Labute approximate surface area is 85.2 Å². The van der Waals surface area contributed by atoms with Crippen molar-refractivity contribution in [2.24, 2.45) is 0 Å². The summed E-state index contributed by atoms with van der Waals surface area (Å²) in [6, 6.07) is 0.684. The topological polar surface area (TPSA) is 15.3 Å². The summed E-state index contributed by atoms with van der Waals surface area (Å²) in [4.78, 5) is 2.22. The van der Waals surface area contributed by atoms with Crippen molar-refractivity contribution in [2.45, 2.75) is 31.7 Å². The van der Waals surface area contributed by atoms with E-state index in [-0.39, 0.29) is 5.83 Å². The van der Waals surface area contributed by atoms with Gasteiger partial charge in [0.15, 0.2) is 0 Å². The molecule has 1 saturated heterocycles. The van der Waals surface area contributed by atoms with Crippen LogP contribution in [0.25, 0.3) is 0 Å². The quantitative estimate of drug-likeness (QED) is 0.742. The first-order chi connectivity index (χ1) is 6.84. The summed E-state index contributed by atoms with van der Waals surface area (Å²) in [5.74, 6) is 0.0515. The van der Waals surface area contributed by atoms with Crippen LogP contribution < -0.4 is 5.32 Å². The highest BCUT2D eigenvalue weighted by atomic mass is 19.1. The van der Waals surface area contributed by atoms with Gasteiger partial charge in [-0.05, 0) is 32.2 Å². The average molecular weight is 198 g/mol. The molecule has 0 bridgehead atoms. The van der Waals surface area contributed by atoms with E-state index in [1.54, 1.807) is 6.08 Å². The van der Waals surface area contributed by atoms with Gasteiger partial charge in [0, 0.05) is 25.7 Å². The zero-order valence-electron chi connectivity index (χ0n) is 8.64. The van der Waals surface area contributed by atoms with Crippen LogP contribution in [0.5, 0.6) is 0 Å². The van der Waals surface area contributed by atoms with E-state index in [0.717, 1.165) is 19.5 Å². The summed E-state index contributed by atoms with van der Waals surface area (Å²) in [6.45, 7) is 3.77. The summed E-state index contributed by atoms with van der Waals surface area (Å²) in [5.41, 5.74) is 0. The number of hydrogen-bond acceptors (Lipinski definition) is 2. The summed E-state index contributed by atoms with van der Waals surface area (Å²) in [6.07, 6.45) is 6.37. The highest BCUT2D eigenvalue weighted by molar-refractivity contribution is 4.99. The fourth-order valence-electron chi connectivity index (χ4n) is 2.29. The normalized spacial score (nSPS) is 29.2. The van der Waals surface area contributed by atoms with Gasteiger partial charge >= 0.3 is 0 Å². The third-order valence-corrected chi connectivity index (χ3v) is 3.14. The Kier molecular flexibility index (Phi) is 3.54. The van der Waals surface area contributed by atoms with Crippen molar-refractivity contribution in [1.82, 2.24) is 10.2 Å². The lowest BCUT2D eigenvalue weighted by atomic mass is 10.1. The molecule has 2 aliphatic heterocycles. The molecule has 0 aromatic carbocycles. The molecule has 0 aromatic heterocycles. The second-order valence-electron chi connectivity index (χ2n) is 4.30. The van der Waals surface area contributed by atoms with Crippen LogP contribution in [0, 0.1) is 0 Å². The molecule has 0 aliphatic carbocycles. The Morgan fingerprint density at radius 3 is 3.21 bits per heavy atom. The SMILES string of the molecule is FC1=CCCN(CCC2CCCN2)C1. The van der Waals surface area contributed by atoms with Gasteiger partial charge in [-0.25, -0.2) is 4.39 Å². The fourth-order valence-corrected chi connectivity index (χ4v) is 2.29. The van der Waals surface area contributed by atoms with Gasteiger partial charge < -0.3 is 5.32 Å². The van der Waals surface area contributed by atoms with Crippen molar-refractivity contribution < 1.29 is 4.39 Å². The van der Waals surface area contributed by atoms with Crippen LogP contribution >= 0.6 is 0 Å². The second-order valence-corrected chi connectivity index (χ2v) is 4.30. The monoisotopic (exact) mass is 198 g/mol. The summed E-state index contributed by atoms with van der Waals surface area (Å²) < 4.78 is 12.9. The number of halogens is 1. The van der Waals surface area contributed by atoms with E-state index in [1.165, 1.54) is 25.8 Å². The van der Waals surface area contributed by atoms with Gasteiger partial charge in [0.2, 0.25) is 0 Å². The molecule has 0 aromatic rings. The highest BCUT2D eigenvalue weighted by Crippen LogP contribution is 2.13. The van der Waals surface area contributed by atoms with Gasteiger partial charge in [-0.15, -0.1) is 0 Å². The van der Waals surface area contributed by atoms with Crippen LogP contribution in [0.4, 0.5) is 4.39 Å². The van der Waals surface area contributed by atoms with Gasteiger partial charge in [0.1, 0.15) is 5.83 Å². The maximum absolute atomic E-state index is 12.9. The molecule has 3 heteroatoms. The van der Waals surface area contributed by atoms with Gasteiger partial charge in [0.25, 0.3) is 0 Å². The number of rotatable bonds is 3. The van der Waals surface area contributed by atoms with Crippen LogP contribution in [-0.4, -0.2) is 37.1 Å². The van der Waals surface area contributed by atoms with Crippen molar-refractivity contribution in [1.29, 1.82) is 0 Å². The molecule has 1 N–H and O–H groups in total. The van der Waals surface area contributed by atoms with Gasteiger partial charge in [0.05, 0.1) is 0 Å². The first-order valence-electron chi connectivity index (χ1n) is 5.65. The van der Waals surface area contributed by atoms with Crippen molar-refractivity contribution in [2.75, 3.05) is 26.2 Å². The zero-order chi connectivity index (χ0) is 9.80. The molecule has 14 heavy (non-hydrogen) atoms. The third-order valence-electron chi connectivity index (χ3n) is 3.14. The predicted molar refractivity (Wildman–Crippen MR) is 55.9 cm³/mol. The summed E-state index contributed by atoms with van der Waals surface area (Å²) in [5, 5.41) is 3.47. The van der Waals surface area contributed by atoms with Crippen molar-refractivity contribution in [3.05, 3.63) is 11.9 Å². The molecular formula is C11H19FN2. The van der Waals surface area contributed by atoms with E-state index < -0.39 is 0 Å². The van der Waals surface area contributed by atoms with E-state index in [1.807, 2.05) is 0 Å². The Morgan fingerprint density at radius 2 is 2.50 bits per heavy atom. The molecule has 0 spiro atoms. The first kappa shape index (κ1) is 10.1. The zero-order valence-corrected chi connectivity index (χ0v) is 8.64. The Morgan fingerprint density at radius 1 is 1.57 bits per heavy atom. The van der Waals surface area contributed by atoms with Crippen molar-refractivity contribution in [3.8, 4) is 0 Å². The Balaban J connectivity index is 1.67. The lowest BCUT2D eigenvalue weighted by Gasteiger charge is -2.25. The highest BCUT2D eigenvalue weighted by Gasteiger charge is 2.17. The minimum atomic E-state index is 0.0515. The van der Waals surface area contributed by atoms with Gasteiger partial charge in [-0.3, -0.25) is 4.90 Å². The molecule has 0 radical (unpaired) electrons. The van der Waals surface area contributed by atoms with E-state index >= 15 is 0 Å². The second kappa shape index (κ2) is 4.89. The van der Waals surface area contributed by atoms with Crippen LogP contribution in [0.1, 0.15) is 25.7 Å². The molecule has 2 heterocycles. The minimum Gasteiger partial charge on any atom is -0.314 e. The Hall–Kier alpha value is -0.410. The molecule has 2 aliphatic rings. The van der Waals surface area contributed by atoms with E-state index in [4.69, 9.17) is 0 Å². The molecule has 1 fully saturated rings. The fraction of sp³-hybridized carbons (Fsp3) is 0.818. The number of nitrogens with one attached hydrogen (secondary N) is 1. The molecule has 1 unspecified atom stereocenters. The maximum atomic E-state index is 12.9. The summed E-state index contributed by atoms with van der Waals surface area (Å²) in [7, 11) is 0. The predicted octanol–water partition coefficient (Wildman–Crippen LogP) is 1.69. The third kappa shape index (κ3) is 2.79. The number of nitrogens with zero attached hydrogens (tertiary/aromatic N) is 1. The van der Waals surface area contributed by atoms with E-state index in [2.05, 4.69) is 10.2 Å². The number of hydrogen-bond donors (Lipinski definition) is 1. The van der Waals surface area contributed by atoms with Gasteiger partial charge in [-0.2, -0.15) is 0 Å². The lowest BCUT2D eigenvalue weighted by molar-refractivity contribution is 0.254. The van der Waals surface area contributed by atoms with E-state index in [9.17, 15) is 4.39 Å². The molecular weight excluding hydrogens is 179 g/mol. The molecule has 0 saturated carbocycles. The van der Waals surface area contributed by atoms with Crippen molar-refractivity contribution in [3.63, 3.8) is 0 Å². The largest absolute Gasteiger partial charge is 0.314 e. The van der Waals surface area contributed by atoms with Crippen LogP contribution in [0.3, 0.4) is 0 Å². The van der Waals surface area contributed by atoms with Crippen LogP contribution in [-0.2, 0) is 0 Å². The molecule has 80 valence electrons. The molecule has 1 atom stereocenters. The molecule has 2 rings (SSSR count). The Bertz CT molecular complexity index is 209. The standard InChI is InChI=1S/C11H19FN2/c12-10-3-2-7-14(9-10)8-5-11-4-1-6-13-11/h3,11,13H,1-2,4-9H2. The lowest BCUT2D eigenvalue weighted by Crippen LogP contribution is -2.33. The average Bonchev–Trinajstić information content (AvgIpc) is 2.67. The van der Waals surface area contributed by atoms with Crippen LogP contribution in [0.15, 0.2) is 11.9 Å².